The number of aryl methyl sites for hydroxylation is 1. The Kier molecular flexibility index (Phi) is 6.62. The maximum atomic E-state index is 12.3. The van der Waals surface area contributed by atoms with Crippen molar-refractivity contribution in [1.82, 2.24) is 9.80 Å². The minimum Gasteiger partial charge on any atom is -0.391 e. The molecule has 0 aliphatic carbocycles. The van der Waals surface area contributed by atoms with Crippen LogP contribution in [-0.2, 0) is 11.2 Å². The fourth-order valence-corrected chi connectivity index (χ4v) is 3.48. The van der Waals surface area contributed by atoms with Gasteiger partial charge in [-0.15, -0.1) is 11.3 Å². The monoisotopic (exact) mass is 338 g/mol. The highest BCUT2D eigenvalue weighted by Gasteiger charge is 2.27. The molecule has 2 rings (SSSR count). The summed E-state index contributed by atoms with van der Waals surface area (Å²) < 4.78 is 0. The first kappa shape index (κ1) is 18.4. The molecule has 1 saturated heterocycles. The van der Waals surface area contributed by atoms with Gasteiger partial charge in [0.2, 0.25) is 5.91 Å². The molecule has 1 aliphatic rings. The van der Waals surface area contributed by atoms with Crippen LogP contribution in [0.25, 0.3) is 0 Å². The highest BCUT2D eigenvalue weighted by Crippen LogP contribution is 2.20. The second-order valence-electron chi connectivity index (χ2n) is 7.50. The molecule has 130 valence electrons. The van der Waals surface area contributed by atoms with E-state index >= 15 is 0 Å². The maximum absolute atomic E-state index is 12.3. The Morgan fingerprint density at radius 1 is 1.30 bits per heavy atom. The van der Waals surface area contributed by atoms with E-state index in [2.05, 4.69) is 43.2 Å². The molecule has 1 N–H and O–H groups in total. The number of hydrogen-bond acceptors (Lipinski definition) is 4. The van der Waals surface area contributed by atoms with Crippen molar-refractivity contribution >= 4 is 17.2 Å². The van der Waals surface area contributed by atoms with Gasteiger partial charge in [0.15, 0.2) is 0 Å². The quantitative estimate of drug-likeness (QED) is 0.867. The standard InChI is InChI=1S/C18H30N2O2S/c1-18(2,3)16(21)14-19-9-11-20(12-10-19)17(22)8-4-6-15-7-5-13-23-15/h5,7,13,16,21H,4,6,8-12,14H2,1-3H3. The number of piperazine rings is 1. The summed E-state index contributed by atoms with van der Waals surface area (Å²) in [6.45, 7) is 10.2. The van der Waals surface area contributed by atoms with Gasteiger partial charge in [-0.25, -0.2) is 0 Å². The summed E-state index contributed by atoms with van der Waals surface area (Å²) >= 11 is 1.76. The molecule has 5 heteroatoms. The Hall–Kier alpha value is -0.910. The number of amides is 1. The van der Waals surface area contributed by atoms with Crippen LogP contribution < -0.4 is 0 Å². The van der Waals surface area contributed by atoms with E-state index < -0.39 is 0 Å². The van der Waals surface area contributed by atoms with Crippen LogP contribution in [0.5, 0.6) is 0 Å². The summed E-state index contributed by atoms with van der Waals surface area (Å²) in [6, 6.07) is 4.20. The Balaban J connectivity index is 1.66. The normalized spacial score (nSPS) is 18.2. The van der Waals surface area contributed by atoms with Crippen LogP contribution >= 0.6 is 11.3 Å². The van der Waals surface area contributed by atoms with Crippen molar-refractivity contribution in [3.05, 3.63) is 22.4 Å². The third-order valence-corrected chi connectivity index (χ3v) is 5.49. The number of hydrogen-bond donors (Lipinski definition) is 1. The molecule has 0 saturated carbocycles. The summed E-state index contributed by atoms with van der Waals surface area (Å²) in [5.41, 5.74) is -0.0885. The Morgan fingerprint density at radius 3 is 2.57 bits per heavy atom. The first-order chi connectivity index (χ1) is 10.9. The summed E-state index contributed by atoms with van der Waals surface area (Å²) in [5.74, 6) is 0.276. The lowest BCUT2D eigenvalue weighted by Gasteiger charge is -2.38. The molecule has 1 aromatic rings. The van der Waals surface area contributed by atoms with E-state index in [1.54, 1.807) is 11.3 Å². The third kappa shape index (κ3) is 5.90. The van der Waals surface area contributed by atoms with E-state index in [9.17, 15) is 9.90 Å². The van der Waals surface area contributed by atoms with Crippen molar-refractivity contribution in [3.63, 3.8) is 0 Å². The Morgan fingerprint density at radius 2 is 2.00 bits per heavy atom. The fourth-order valence-electron chi connectivity index (χ4n) is 2.73. The average Bonchev–Trinajstić information content (AvgIpc) is 3.00. The average molecular weight is 339 g/mol. The zero-order chi connectivity index (χ0) is 16.9. The fraction of sp³-hybridized carbons (Fsp3) is 0.722. The van der Waals surface area contributed by atoms with Gasteiger partial charge in [0, 0.05) is 44.0 Å². The van der Waals surface area contributed by atoms with E-state index in [4.69, 9.17) is 0 Å². The predicted octanol–water partition coefficient (Wildman–Crippen LogP) is 2.62. The van der Waals surface area contributed by atoms with E-state index in [1.165, 1.54) is 4.88 Å². The number of carbonyl (C=O) groups excluding carboxylic acids is 1. The number of carbonyl (C=O) groups is 1. The van der Waals surface area contributed by atoms with Gasteiger partial charge in [0.1, 0.15) is 0 Å². The molecule has 0 radical (unpaired) electrons. The van der Waals surface area contributed by atoms with Crippen molar-refractivity contribution in [1.29, 1.82) is 0 Å². The molecule has 1 fully saturated rings. The van der Waals surface area contributed by atoms with Crippen molar-refractivity contribution in [2.24, 2.45) is 5.41 Å². The molecular weight excluding hydrogens is 308 g/mol. The van der Waals surface area contributed by atoms with Gasteiger partial charge in [0.25, 0.3) is 0 Å². The third-order valence-electron chi connectivity index (χ3n) is 4.55. The summed E-state index contributed by atoms with van der Waals surface area (Å²) in [4.78, 5) is 17.9. The second kappa shape index (κ2) is 8.27. The van der Waals surface area contributed by atoms with Gasteiger partial charge in [-0.1, -0.05) is 26.8 Å². The molecule has 0 bridgehead atoms. The highest BCUT2D eigenvalue weighted by molar-refractivity contribution is 7.09. The van der Waals surface area contributed by atoms with E-state index in [0.717, 1.165) is 39.0 Å². The van der Waals surface area contributed by atoms with E-state index in [-0.39, 0.29) is 17.4 Å². The molecule has 4 nitrogen and oxygen atoms in total. The van der Waals surface area contributed by atoms with Gasteiger partial charge in [0.05, 0.1) is 6.10 Å². The SMILES string of the molecule is CC(C)(C)C(O)CN1CCN(C(=O)CCCc2cccs2)CC1. The molecule has 0 aromatic carbocycles. The van der Waals surface area contributed by atoms with Crippen LogP contribution in [0.2, 0.25) is 0 Å². The summed E-state index contributed by atoms with van der Waals surface area (Å²) in [5, 5.41) is 12.3. The lowest BCUT2D eigenvalue weighted by atomic mass is 9.89. The van der Waals surface area contributed by atoms with Crippen LogP contribution in [0.15, 0.2) is 17.5 Å². The smallest absolute Gasteiger partial charge is 0.222 e. The van der Waals surface area contributed by atoms with Gasteiger partial charge < -0.3 is 10.0 Å². The lowest BCUT2D eigenvalue weighted by molar-refractivity contribution is -0.133. The first-order valence-electron chi connectivity index (χ1n) is 8.57. The van der Waals surface area contributed by atoms with Gasteiger partial charge >= 0.3 is 0 Å². The van der Waals surface area contributed by atoms with Crippen LogP contribution in [-0.4, -0.2) is 59.6 Å². The number of aliphatic hydroxyl groups is 1. The molecule has 1 amide bonds. The Labute approximate surface area is 144 Å². The number of thiophene rings is 1. The molecule has 2 heterocycles. The molecule has 1 atom stereocenters. The van der Waals surface area contributed by atoms with Crippen molar-refractivity contribution in [2.45, 2.75) is 46.1 Å². The van der Waals surface area contributed by atoms with Crippen molar-refractivity contribution in [3.8, 4) is 0 Å². The van der Waals surface area contributed by atoms with Gasteiger partial charge in [-0.2, -0.15) is 0 Å². The number of rotatable bonds is 6. The molecular formula is C18H30N2O2S. The zero-order valence-electron chi connectivity index (χ0n) is 14.6. The number of nitrogens with zero attached hydrogens (tertiary/aromatic N) is 2. The topological polar surface area (TPSA) is 43.8 Å². The van der Waals surface area contributed by atoms with E-state index in [0.29, 0.717) is 13.0 Å². The molecule has 0 spiro atoms. The van der Waals surface area contributed by atoms with Crippen LogP contribution in [0.1, 0.15) is 38.5 Å². The molecule has 23 heavy (non-hydrogen) atoms. The van der Waals surface area contributed by atoms with Crippen LogP contribution in [0, 0.1) is 5.41 Å². The van der Waals surface area contributed by atoms with Crippen molar-refractivity contribution < 1.29 is 9.90 Å². The minimum absolute atomic E-state index is 0.0885. The number of β-amino-alcohol motifs (C(OH)–C–C–N with tert-alkyl or cyclic N) is 1. The molecule has 1 unspecified atom stereocenters. The van der Waals surface area contributed by atoms with Crippen molar-refractivity contribution in [2.75, 3.05) is 32.7 Å². The summed E-state index contributed by atoms with van der Waals surface area (Å²) in [6.07, 6.45) is 2.25. The maximum Gasteiger partial charge on any atom is 0.222 e. The molecule has 1 aromatic heterocycles. The largest absolute Gasteiger partial charge is 0.391 e. The first-order valence-corrected chi connectivity index (χ1v) is 9.45. The minimum atomic E-state index is -0.324. The molecule has 1 aliphatic heterocycles. The van der Waals surface area contributed by atoms with Crippen LogP contribution in [0.3, 0.4) is 0 Å². The highest BCUT2D eigenvalue weighted by atomic mass is 32.1. The van der Waals surface area contributed by atoms with Gasteiger partial charge in [-0.3, -0.25) is 9.69 Å². The van der Waals surface area contributed by atoms with Gasteiger partial charge in [-0.05, 0) is 29.7 Å². The zero-order valence-corrected chi connectivity index (χ0v) is 15.4. The number of aliphatic hydroxyl groups excluding tert-OH is 1. The van der Waals surface area contributed by atoms with E-state index in [1.807, 2.05) is 4.90 Å². The second-order valence-corrected chi connectivity index (χ2v) is 8.53. The van der Waals surface area contributed by atoms with Crippen LogP contribution in [0.4, 0.5) is 0 Å². The summed E-state index contributed by atoms with van der Waals surface area (Å²) in [7, 11) is 0. The Bertz CT molecular complexity index is 474. The lowest BCUT2D eigenvalue weighted by Crippen LogP contribution is -2.51. The predicted molar refractivity (Wildman–Crippen MR) is 95.7 cm³/mol.